The second kappa shape index (κ2) is 56.7. The van der Waals surface area contributed by atoms with Crippen molar-refractivity contribution in [3.05, 3.63) is 90.1 Å². The van der Waals surface area contributed by atoms with Gasteiger partial charge in [-0.1, -0.05) is 152 Å². The molecule has 1 aliphatic heterocycles. The average molecular weight is 1740 g/mol. The van der Waals surface area contributed by atoms with E-state index in [4.69, 9.17) is 28.3 Å². The van der Waals surface area contributed by atoms with Crippen LogP contribution in [-0.4, -0.2) is 231 Å². The highest BCUT2D eigenvalue weighted by Crippen LogP contribution is 2.21. The molecule has 0 spiro atoms. The summed E-state index contributed by atoms with van der Waals surface area (Å²) in [7, 11) is 0. The van der Waals surface area contributed by atoms with Crippen LogP contribution in [0.5, 0.6) is 0 Å². The van der Waals surface area contributed by atoms with Crippen molar-refractivity contribution in [3.63, 3.8) is 0 Å². The number of unbranched alkanes of at least 4 members (excludes halogenated alkanes) is 13. The highest BCUT2D eigenvalue weighted by atomic mass is 16.3. The van der Waals surface area contributed by atoms with Crippen LogP contribution in [0.15, 0.2) is 73.3 Å². The number of guanidine groups is 1. The molecular formula is C84H130N22O18. The van der Waals surface area contributed by atoms with Crippen LogP contribution in [0.4, 0.5) is 0 Å². The Labute approximate surface area is 721 Å². The highest BCUT2D eigenvalue weighted by Gasteiger charge is 2.39. The summed E-state index contributed by atoms with van der Waals surface area (Å²) in [5, 5.41) is 65.8. The van der Waals surface area contributed by atoms with E-state index in [0.717, 1.165) is 25.7 Å². The van der Waals surface area contributed by atoms with Gasteiger partial charge in [-0.2, -0.15) is 0 Å². The number of ketones is 1. The third kappa shape index (κ3) is 39.1. The van der Waals surface area contributed by atoms with Crippen LogP contribution >= 0.6 is 0 Å². The standard InChI is InChI=1S/C84H130N22O18/c1-4-6-8-9-10-11-12-13-14-15-16-17-21-34-70(112)94-48-71(113)106-72(51(3)108)83(124)100-62(37-38-68(85)110)77(118)103-65(43-54-46-91-50-95-54)80(121)105-67(49-107)82(123)98-59(30-7-5-2)74(115)99-61-36-35-55(109)47-90-39-25-24-32-58(73(87)114)96-79(120)64(42-53-45-93-57-31-23-22-29-56(53)57)102-75(116)60(33-26-40-92-84(88)89)97-78(119)63(41-52-27-19-18-20-28-52)101-81(122)66(44-69(86)111)104-76(61)117/h18-20,22-23,27-29,31,45-46,50-51,58-67,72,90,93,107-108H,4-17,21,24-26,30,32-44,47-49H2,1-3H3,(H2,85,110)(H2,86,111)(H2,87,114)(H,91,95)(H,94,112)(H,96,120)(H,97,119)(H,98,123)(H,99,115)(H,100,124)(H,101,122)(H,102,116)(H,103,118)(H,104,117)(H,105,121)(H,106,113)(H4,88,89,92)/t51?,58-,59-,60-,61-,62-,63+,64-,65-,66-,67-,72-/m0/s1. The number of primary amides is 3. The molecule has 3 heterocycles. The van der Waals surface area contributed by atoms with Gasteiger partial charge >= 0.3 is 0 Å². The number of carbonyl (C=O) groups excluding carboxylic acids is 16. The van der Waals surface area contributed by atoms with Gasteiger partial charge in [0, 0.05) is 68.4 Å². The molecule has 4 aromatic rings. The number of rotatable bonds is 48. The number of nitrogens with two attached hydrogens (primary N) is 4. The lowest BCUT2D eigenvalue weighted by molar-refractivity contribution is -0.137. The minimum Gasteiger partial charge on any atom is -0.394 e. The van der Waals surface area contributed by atoms with Crippen molar-refractivity contribution >= 4 is 111 Å². The number of aromatic nitrogens is 3. The number of hydrogen-bond donors (Lipinski definition) is 23. The quantitative estimate of drug-likeness (QED) is 0.0135. The van der Waals surface area contributed by atoms with E-state index in [0.29, 0.717) is 41.3 Å². The molecule has 0 radical (unpaired) electrons. The van der Waals surface area contributed by atoms with Crippen molar-refractivity contribution in [1.82, 2.24) is 89.4 Å². The summed E-state index contributed by atoms with van der Waals surface area (Å²) in [4.78, 5) is 234. The van der Waals surface area contributed by atoms with Crippen molar-refractivity contribution in [2.24, 2.45) is 22.9 Å². The van der Waals surface area contributed by atoms with E-state index >= 15 is 0 Å². The van der Waals surface area contributed by atoms with Crippen molar-refractivity contribution < 1.29 is 86.9 Å². The highest BCUT2D eigenvalue weighted by molar-refractivity contribution is 6.01. The summed E-state index contributed by atoms with van der Waals surface area (Å²) in [5.41, 5.74) is 24.5. The number of aliphatic hydroxyl groups excluding tert-OH is 2. The number of benzene rings is 2. The number of H-pyrrole nitrogens is 2. The molecule has 1 unspecified atom stereocenters. The van der Waals surface area contributed by atoms with E-state index in [1.807, 2.05) is 0 Å². The minimum atomic E-state index is -1.93. The lowest BCUT2D eigenvalue weighted by atomic mass is 10.0. The van der Waals surface area contributed by atoms with Gasteiger partial charge in [-0.05, 0) is 88.4 Å². The van der Waals surface area contributed by atoms with E-state index in [1.54, 1.807) is 67.7 Å². The lowest BCUT2D eigenvalue weighted by Gasteiger charge is -2.28. The monoisotopic (exact) mass is 1730 g/mol. The van der Waals surface area contributed by atoms with Crippen LogP contribution in [-0.2, 0) is 96.0 Å². The maximum atomic E-state index is 14.9. The number of fused-ring (bicyclic) bond motifs is 1. The molecule has 40 nitrogen and oxygen atoms in total. The first-order valence-corrected chi connectivity index (χ1v) is 43.0. The van der Waals surface area contributed by atoms with E-state index in [1.165, 1.54) is 70.8 Å². The number of hydrogen-bond acceptors (Lipinski definition) is 21. The fraction of sp³-hybridized carbons (Fsp3) is 0.595. The first-order valence-electron chi connectivity index (χ1n) is 43.0. The molecular weight excluding hydrogens is 1610 g/mol. The Kier molecular flexibility index (Phi) is 46.9. The number of carbonyl (C=O) groups is 16. The molecule has 15 amide bonds. The van der Waals surface area contributed by atoms with Crippen molar-refractivity contribution in [3.8, 4) is 0 Å². The van der Waals surface area contributed by atoms with Crippen LogP contribution in [0.25, 0.3) is 10.9 Å². The Bertz CT molecular complexity index is 4130. The van der Waals surface area contributed by atoms with Gasteiger partial charge in [0.25, 0.3) is 0 Å². The van der Waals surface area contributed by atoms with Gasteiger partial charge in [0.05, 0.1) is 44.2 Å². The summed E-state index contributed by atoms with van der Waals surface area (Å²) in [5.74, 6) is -15.9. The summed E-state index contributed by atoms with van der Waals surface area (Å²) < 4.78 is 0. The third-order valence-electron chi connectivity index (χ3n) is 21.0. The summed E-state index contributed by atoms with van der Waals surface area (Å²) >= 11 is 0. The number of aliphatic hydroxyl groups is 2. The number of amides is 15. The zero-order chi connectivity index (χ0) is 90.9. The molecule has 2 aromatic carbocycles. The number of Topliss-reactive ketones (excluding diaryl/α,β-unsaturated/α-hetero) is 1. The molecule has 0 saturated carbocycles. The molecule has 2 aromatic heterocycles. The van der Waals surface area contributed by atoms with Gasteiger partial charge in [0.15, 0.2) is 5.96 Å². The number of nitrogens with zero attached hydrogens (tertiary/aromatic N) is 1. The van der Waals surface area contributed by atoms with Crippen molar-refractivity contribution in [1.29, 1.82) is 5.41 Å². The molecule has 1 aliphatic rings. The molecule has 12 atom stereocenters. The van der Waals surface area contributed by atoms with E-state index in [-0.39, 0.29) is 83.1 Å². The summed E-state index contributed by atoms with van der Waals surface area (Å²) in [6.07, 6.45) is 14.5. The molecule has 1 fully saturated rings. The third-order valence-corrected chi connectivity index (χ3v) is 21.0. The normalized spacial score (nSPS) is 18.8. The summed E-state index contributed by atoms with van der Waals surface area (Å²) in [6, 6.07) is -2.84. The topological polar surface area (TPSA) is 654 Å². The molecule has 1 saturated heterocycles. The molecule has 5 rings (SSSR count). The smallest absolute Gasteiger partial charge is 0.245 e. The van der Waals surface area contributed by atoms with Gasteiger partial charge in [0.1, 0.15) is 72.2 Å². The minimum absolute atomic E-state index is 0.00618. The second-order valence-corrected chi connectivity index (χ2v) is 31.3. The van der Waals surface area contributed by atoms with E-state index in [2.05, 4.69) is 96.3 Å². The van der Waals surface area contributed by atoms with Gasteiger partial charge < -0.3 is 118 Å². The number of para-hydroxylation sites is 1. The Hall–Kier alpha value is -11.9. The van der Waals surface area contributed by atoms with E-state index < -0.39 is 225 Å². The molecule has 0 bridgehead atoms. The first-order chi connectivity index (χ1) is 59.4. The van der Waals surface area contributed by atoms with Gasteiger partial charge in [0.2, 0.25) is 88.6 Å². The summed E-state index contributed by atoms with van der Waals surface area (Å²) in [6.45, 7) is 3.29. The van der Waals surface area contributed by atoms with Crippen LogP contribution in [0.2, 0.25) is 0 Å². The fourth-order valence-corrected chi connectivity index (χ4v) is 13.9. The molecule has 40 heteroatoms. The fourth-order valence-electron chi connectivity index (χ4n) is 13.9. The van der Waals surface area contributed by atoms with E-state index in [9.17, 15) is 86.9 Å². The first kappa shape index (κ1) is 103. The maximum absolute atomic E-state index is 14.9. The second-order valence-electron chi connectivity index (χ2n) is 31.3. The zero-order valence-corrected chi connectivity index (χ0v) is 71.3. The molecule has 27 N–H and O–H groups in total. The maximum Gasteiger partial charge on any atom is 0.245 e. The lowest BCUT2D eigenvalue weighted by Crippen LogP contribution is -2.62. The number of nitrogens with one attached hydrogen (secondary N) is 17. The van der Waals surface area contributed by atoms with Crippen LogP contribution in [0.1, 0.15) is 211 Å². The van der Waals surface area contributed by atoms with Gasteiger partial charge in [-0.15, -0.1) is 0 Å². The van der Waals surface area contributed by atoms with Crippen LogP contribution in [0, 0.1) is 5.41 Å². The molecule has 684 valence electrons. The number of aromatic amines is 2. The van der Waals surface area contributed by atoms with Crippen LogP contribution < -0.4 is 97.4 Å². The van der Waals surface area contributed by atoms with Gasteiger partial charge in [-0.3, -0.25) is 82.1 Å². The van der Waals surface area contributed by atoms with Crippen molar-refractivity contribution in [2.45, 2.75) is 286 Å². The Balaban J connectivity index is 1.37. The van der Waals surface area contributed by atoms with Crippen molar-refractivity contribution in [2.75, 3.05) is 32.8 Å². The Morgan fingerprint density at radius 3 is 1.76 bits per heavy atom. The predicted molar refractivity (Wildman–Crippen MR) is 459 cm³/mol. The van der Waals surface area contributed by atoms with Crippen LogP contribution in [0.3, 0.4) is 0 Å². The SMILES string of the molecule is CCCCCCCCCCCCCCCC(=O)NCC(=O)N[C@H](C(=O)N[C@@H](CCC(N)=O)C(=O)N[C@@H](Cc1c[nH]cn1)C(=O)N[C@@H](CO)C(=O)N[C@@H](CCCC)C(=O)N[C@H]1CCC(=O)CNCCCC[C@@H](C(N)=O)NC(=O)[C@H](Cc2c[nH]c3ccccc23)NC(=O)[C@H](CCCNC(=N)N)NC(=O)[C@@H](Cc2ccccc2)NC(=O)[C@H](CC(N)=O)NC1=O)C(C)O. The Morgan fingerprint density at radius 1 is 0.556 bits per heavy atom. The van der Waals surface area contributed by atoms with Gasteiger partial charge in [-0.25, -0.2) is 4.98 Å². The number of imidazole rings is 1. The average Bonchev–Trinajstić information content (AvgIpc) is 1.69. The zero-order valence-electron chi connectivity index (χ0n) is 71.3. The molecule has 0 aliphatic carbocycles. The predicted octanol–water partition coefficient (Wildman–Crippen LogP) is -1.58. The Morgan fingerprint density at radius 2 is 1.13 bits per heavy atom. The largest absolute Gasteiger partial charge is 0.394 e. The molecule has 124 heavy (non-hydrogen) atoms.